The van der Waals surface area contributed by atoms with Crippen molar-refractivity contribution in [3.8, 4) is 16.9 Å². The van der Waals surface area contributed by atoms with Gasteiger partial charge in [-0.3, -0.25) is 4.79 Å². The lowest BCUT2D eigenvalue weighted by molar-refractivity contribution is -0.763. The zero-order chi connectivity index (χ0) is 17.7. The molecule has 0 aromatic heterocycles. The molecule has 1 N–H and O–H groups in total. The molecule has 124 valence electrons. The van der Waals surface area contributed by atoms with Gasteiger partial charge in [0.15, 0.2) is 5.75 Å². The molecule has 8 nitrogen and oxygen atoms in total. The van der Waals surface area contributed by atoms with E-state index in [2.05, 4.69) is 4.84 Å². The minimum absolute atomic E-state index is 0.0788. The second-order valence-corrected chi connectivity index (χ2v) is 4.78. The number of hydrogen-bond donors (Lipinski definition) is 1. The van der Waals surface area contributed by atoms with Crippen LogP contribution in [0.4, 0.5) is 0 Å². The molecule has 0 aliphatic rings. The first-order valence-electron chi connectivity index (χ1n) is 6.80. The lowest BCUT2D eigenvalue weighted by Gasteiger charge is -2.13. The van der Waals surface area contributed by atoms with E-state index in [4.69, 9.17) is 4.74 Å². The third kappa shape index (κ3) is 4.07. The number of rotatable bonds is 6. The predicted octanol–water partition coefficient (Wildman–Crippen LogP) is 2.69. The van der Waals surface area contributed by atoms with Crippen molar-refractivity contribution in [3.63, 3.8) is 0 Å². The Kier molecular flexibility index (Phi) is 5.10. The van der Waals surface area contributed by atoms with Crippen LogP contribution in [0, 0.1) is 10.1 Å². The molecule has 2 rings (SSSR count). The third-order valence-electron chi connectivity index (χ3n) is 3.07. The lowest BCUT2D eigenvalue weighted by Crippen LogP contribution is -2.08. The van der Waals surface area contributed by atoms with Crippen LogP contribution in [0.5, 0.6) is 5.75 Å². The Morgan fingerprint density at radius 1 is 1.21 bits per heavy atom. The first-order chi connectivity index (χ1) is 11.4. The molecule has 0 fully saturated rings. The van der Waals surface area contributed by atoms with Gasteiger partial charge in [-0.25, -0.2) is 4.79 Å². The molecule has 0 unspecified atom stereocenters. The van der Waals surface area contributed by atoms with Crippen molar-refractivity contribution in [1.82, 2.24) is 0 Å². The van der Waals surface area contributed by atoms with E-state index < -0.39 is 17.0 Å². The number of carbonyl (C=O) groups is 2. The summed E-state index contributed by atoms with van der Waals surface area (Å²) < 4.78 is 5.07. The number of nitrogens with zero attached hydrogens (tertiary/aromatic N) is 1. The summed E-state index contributed by atoms with van der Waals surface area (Å²) in [7, 11) is 0. The van der Waals surface area contributed by atoms with Crippen LogP contribution in [-0.2, 0) is 16.2 Å². The van der Waals surface area contributed by atoms with Crippen LogP contribution in [0.15, 0.2) is 42.5 Å². The summed E-state index contributed by atoms with van der Waals surface area (Å²) in [6, 6.07) is 11.0. The minimum atomic E-state index is -1.24. The van der Waals surface area contributed by atoms with Crippen LogP contribution < -0.4 is 4.74 Å². The van der Waals surface area contributed by atoms with Gasteiger partial charge in [0.2, 0.25) is 0 Å². The normalized spacial score (nSPS) is 10.0. The Hall–Kier alpha value is -3.42. The highest BCUT2D eigenvalue weighted by atomic mass is 16.9. The molecule has 0 heterocycles. The Bertz CT molecular complexity index is 801. The SMILES string of the molecule is CC(=O)Oc1c(C(=O)O)cccc1-c1cccc(CO[N+](=O)[O-])c1. The van der Waals surface area contributed by atoms with E-state index in [9.17, 15) is 24.8 Å². The van der Waals surface area contributed by atoms with Gasteiger partial charge >= 0.3 is 11.9 Å². The maximum atomic E-state index is 11.3. The third-order valence-corrected chi connectivity index (χ3v) is 3.07. The van der Waals surface area contributed by atoms with Gasteiger partial charge in [-0.1, -0.05) is 30.3 Å². The first kappa shape index (κ1) is 16.9. The molecule has 8 heteroatoms. The number of aromatic carboxylic acids is 1. The first-order valence-corrected chi connectivity index (χ1v) is 6.80. The Morgan fingerprint density at radius 2 is 1.92 bits per heavy atom. The quantitative estimate of drug-likeness (QED) is 0.374. The largest absolute Gasteiger partial charge is 0.478 e. The summed E-state index contributed by atoms with van der Waals surface area (Å²) in [6.07, 6.45) is 0. The maximum Gasteiger partial charge on any atom is 0.339 e. The lowest BCUT2D eigenvalue weighted by atomic mass is 9.99. The van der Waals surface area contributed by atoms with Crippen LogP contribution in [0.2, 0.25) is 0 Å². The Labute approximate surface area is 136 Å². The number of hydrogen-bond acceptors (Lipinski definition) is 6. The van der Waals surface area contributed by atoms with E-state index in [1.54, 1.807) is 30.3 Å². The van der Waals surface area contributed by atoms with Gasteiger partial charge in [0, 0.05) is 12.5 Å². The molecule has 2 aromatic carbocycles. The molecule has 0 aliphatic carbocycles. The second-order valence-electron chi connectivity index (χ2n) is 4.78. The standard InChI is InChI=1S/C16H13NO7/c1-10(18)24-15-13(6-3-7-14(15)16(19)20)12-5-2-4-11(8-12)9-23-17(21)22/h2-8H,9H2,1H3,(H,19,20). The van der Waals surface area contributed by atoms with Gasteiger partial charge in [-0.05, 0) is 23.3 Å². The monoisotopic (exact) mass is 331 g/mol. The summed E-state index contributed by atoms with van der Waals surface area (Å²) in [5.41, 5.74) is 1.28. The van der Waals surface area contributed by atoms with E-state index in [0.717, 1.165) is 0 Å². The molecule has 0 saturated carbocycles. The molecule has 0 aliphatic heterocycles. The van der Waals surface area contributed by atoms with Gasteiger partial charge in [0.05, 0.1) is 0 Å². The molecule has 0 bridgehead atoms. The number of ether oxygens (including phenoxy) is 1. The molecule has 0 saturated heterocycles. The van der Waals surface area contributed by atoms with Crippen molar-refractivity contribution in [2.45, 2.75) is 13.5 Å². The van der Waals surface area contributed by atoms with Crippen molar-refractivity contribution in [2.24, 2.45) is 0 Å². The van der Waals surface area contributed by atoms with Crippen molar-refractivity contribution < 1.29 is 29.4 Å². The highest BCUT2D eigenvalue weighted by molar-refractivity contribution is 5.95. The van der Waals surface area contributed by atoms with Crippen LogP contribution >= 0.6 is 0 Å². The molecule has 2 aromatic rings. The number of carboxylic acid groups (broad SMARTS) is 1. The number of benzene rings is 2. The van der Waals surface area contributed by atoms with E-state index >= 15 is 0 Å². The fourth-order valence-corrected chi connectivity index (χ4v) is 2.14. The number of carbonyl (C=O) groups excluding carboxylic acids is 1. The van der Waals surface area contributed by atoms with Crippen LogP contribution in [0.25, 0.3) is 11.1 Å². The highest BCUT2D eigenvalue weighted by Gasteiger charge is 2.18. The molecule has 0 atom stereocenters. The zero-order valence-electron chi connectivity index (χ0n) is 12.6. The fourth-order valence-electron chi connectivity index (χ4n) is 2.14. The van der Waals surface area contributed by atoms with E-state index in [1.807, 2.05) is 0 Å². The van der Waals surface area contributed by atoms with Crippen molar-refractivity contribution in [1.29, 1.82) is 0 Å². The van der Waals surface area contributed by atoms with Crippen LogP contribution in [0.1, 0.15) is 22.8 Å². The average molecular weight is 331 g/mol. The van der Waals surface area contributed by atoms with Gasteiger partial charge in [-0.2, -0.15) is 0 Å². The maximum absolute atomic E-state index is 11.3. The van der Waals surface area contributed by atoms with Gasteiger partial charge < -0.3 is 14.7 Å². The topological polar surface area (TPSA) is 116 Å². The van der Waals surface area contributed by atoms with Crippen molar-refractivity contribution in [3.05, 3.63) is 63.7 Å². The number of para-hydroxylation sites is 1. The Balaban J connectivity index is 2.49. The second kappa shape index (κ2) is 7.23. The van der Waals surface area contributed by atoms with Crippen LogP contribution in [-0.4, -0.2) is 22.1 Å². The van der Waals surface area contributed by atoms with E-state index in [1.165, 1.54) is 19.1 Å². The van der Waals surface area contributed by atoms with Crippen LogP contribution in [0.3, 0.4) is 0 Å². The number of esters is 1. The average Bonchev–Trinajstić information content (AvgIpc) is 2.52. The van der Waals surface area contributed by atoms with Crippen molar-refractivity contribution in [2.75, 3.05) is 0 Å². The number of carboxylic acids is 1. The molecule has 0 radical (unpaired) electrons. The van der Waals surface area contributed by atoms with E-state index in [-0.39, 0.29) is 17.9 Å². The Morgan fingerprint density at radius 3 is 2.54 bits per heavy atom. The molecular weight excluding hydrogens is 318 g/mol. The minimum Gasteiger partial charge on any atom is -0.478 e. The summed E-state index contributed by atoms with van der Waals surface area (Å²) in [6.45, 7) is 0.923. The molecule has 24 heavy (non-hydrogen) atoms. The fraction of sp³-hybridized carbons (Fsp3) is 0.125. The van der Waals surface area contributed by atoms with Crippen molar-refractivity contribution >= 4 is 11.9 Å². The molecule has 0 amide bonds. The summed E-state index contributed by atoms with van der Waals surface area (Å²) in [5, 5.41) is 18.6. The van der Waals surface area contributed by atoms with Gasteiger partial charge in [0.1, 0.15) is 12.2 Å². The summed E-state index contributed by atoms with van der Waals surface area (Å²) >= 11 is 0. The highest BCUT2D eigenvalue weighted by Crippen LogP contribution is 2.34. The molecular formula is C16H13NO7. The van der Waals surface area contributed by atoms with Gasteiger partial charge in [-0.15, -0.1) is 10.1 Å². The summed E-state index contributed by atoms with van der Waals surface area (Å²) in [5.74, 6) is -1.97. The predicted molar refractivity (Wildman–Crippen MR) is 81.9 cm³/mol. The zero-order valence-corrected chi connectivity index (χ0v) is 12.6. The smallest absolute Gasteiger partial charge is 0.339 e. The van der Waals surface area contributed by atoms with E-state index in [0.29, 0.717) is 16.7 Å². The summed E-state index contributed by atoms with van der Waals surface area (Å²) in [4.78, 5) is 37.3. The molecule has 0 spiro atoms. The van der Waals surface area contributed by atoms with Gasteiger partial charge in [0.25, 0.3) is 5.09 Å².